The molecule has 0 aliphatic heterocycles. The van der Waals surface area contributed by atoms with Crippen LogP contribution in [0.25, 0.3) is 0 Å². The summed E-state index contributed by atoms with van der Waals surface area (Å²) >= 11 is 0. The SMILES string of the molecule is [2H][C@H]1CCC[C@@](CC=C)(O[Si](C)(C)C)C1=O. The first kappa shape index (κ1) is 11.1. The Labute approximate surface area is 95.2 Å². The van der Waals surface area contributed by atoms with Crippen molar-refractivity contribution in [2.45, 2.75) is 57.3 Å². The van der Waals surface area contributed by atoms with Crippen LogP contribution >= 0.6 is 0 Å². The lowest BCUT2D eigenvalue weighted by molar-refractivity contribution is -0.138. The predicted octanol–water partition coefficient (Wildman–Crippen LogP) is 3.30. The van der Waals surface area contributed by atoms with Gasteiger partial charge in [-0.25, -0.2) is 0 Å². The van der Waals surface area contributed by atoms with E-state index in [-0.39, 0.29) is 5.78 Å². The summed E-state index contributed by atoms with van der Waals surface area (Å²) in [6, 6.07) is 0. The van der Waals surface area contributed by atoms with E-state index in [1.165, 1.54) is 0 Å². The maximum atomic E-state index is 12.2. The molecule has 0 heterocycles. The van der Waals surface area contributed by atoms with E-state index in [1.807, 2.05) is 0 Å². The zero-order chi connectivity index (χ0) is 12.4. The summed E-state index contributed by atoms with van der Waals surface area (Å²) in [5, 5.41) is 0. The van der Waals surface area contributed by atoms with Gasteiger partial charge in [-0.05, 0) is 38.9 Å². The molecule has 0 aromatic rings. The van der Waals surface area contributed by atoms with Crippen LogP contribution in [0.5, 0.6) is 0 Å². The van der Waals surface area contributed by atoms with Crippen LogP contribution in [-0.4, -0.2) is 19.7 Å². The molecule has 0 bridgehead atoms. The Kier molecular flexibility index (Phi) is 3.41. The Morgan fingerprint density at radius 2 is 2.27 bits per heavy atom. The molecular weight excluding hydrogens is 204 g/mol. The zero-order valence-corrected chi connectivity index (χ0v) is 11.0. The van der Waals surface area contributed by atoms with Gasteiger partial charge in [0.2, 0.25) is 0 Å². The van der Waals surface area contributed by atoms with Crippen LogP contribution in [0.2, 0.25) is 19.6 Å². The van der Waals surface area contributed by atoms with Crippen molar-refractivity contribution in [3.63, 3.8) is 0 Å². The second-order valence-electron chi connectivity index (χ2n) is 5.16. The highest BCUT2D eigenvalue weighted by molar-refractivity contribution is 6.70. The molecule has 0 spiro atoms. The summed E-state index contributed by atoms with van der Waals surface area (Å²) in [7, 11) is -1.78. The smallest absolute Gasteiger partial charge is 0.185 e. The molecule has 0 saturated heterocycles. The highest BCUT2D eigenvalue weighted by atomic mass is 28.4. The van der Waals surface area contributed by atoms with E-state index in [4.69, 9.17) is 5.80 Å². The van der Waals surface area contributed by atoms with Gasteiger partial charge in [0.05, 0.1) is 0 Å². The fraction of sp³-hybridized carbons (Fsp3) is 0.750. The van der Waals surface area contributed by atoms with E-state index in [2.05, 4.69) is 26.2 Å². The Bertz CT molecular complexity index is 285. The molecule has 0 amide bonds. The average molecular weight is 227 g/mol. The summed E-state index contributed by atoms with van der Waals surface area (Å²) in [5.74, 6) is -0.0407. The van der Waals surface area contributed by atoms with Crippen molar-refractivity contribution < 1.29 is 10.6 Å². The van der Waals surface area contributed by atoms with E-state index in [0.717, 1.165) is 12.8 Å². The molecule has 1 aliphatic carbocycles. The first-order chi connectivity index (χ1) is 7.31. The van der Waals surface area contributed by atoms with Gasteiger partial charge < -0.3 is 4.43 Å². The van der Waals surface area contributed by atoms with Crippen molar-refractivity contribution in [2.24, 2.45) is 0 Å². The summed E-state index contributed by atoms with van der Waals surface area (Å²) in [6.07, 6.45) is 4.01. The third-order valence-corrected chi connectivity index (χ3v) is 3.54. The van der Waals surface area contributed by atoms with E-state index in [1.54, 1.807) is 6.08 Å². The molecule has 3 heteroatoms. The number of hydrogen-bond donors (Lipinski definition) is 0. The lowest BCUT2D eigenvalue weighted by atomic mass is 9.81. The number of carbonyl (C=O) groups excluding carboxylic acids is 1. The molecular formula is C12H22O2Si. The van der Waals surface area contributed by atoms with Gasteiger partial charge in [-0.3, -0.25) is 4.79 Å². The maximum absolute atomic E-state index is 12.2. The van der Waals surface area contributed by atoms with Crippen LogP contribution in [0.15, 0.2) is 12.7 Å². The quantitative estimate of drug-likeness (QED) is 0.544. The van der Waals surface area contributed by atoms with Gasteiger partial charge in [0.25, 0.3) is 0 Å². The minimum Gasteiger partial charge on any atom is -0.405 e. The van der Waals surface area contributed by atoms with Crippen LogP contribution in [0.4, 0.5) is 0 Å². The van der Waals surface area contributed by atoms with Crippen molar-refractivity contribution >= 4 is 14.1 Å². The fourth-order valence-corrected chi connectivity index (χ4v) is 3.55. The Balaban J connectivity index is 2.94. The largest absolute Gasteiger partial charge is 0.405 e. The normalized spacial score (nSPS) is 33.7. The molecule has 86 valence electrons. The summed E-state index contributed by atoms with van der Waals surface area (Å²) < 4.78 is 13.9. The molecule has 15 heavy (non-hydrogen) atoms. The number of hydrogen-bond acceptors (Lipinski definition) is 2. The Morgan fingerprint density at radius 1 is 1.60 bits per heavy atom. The average Bonchev–Trinajstić information content (AvgIpc) is 2.12. The zero-order valence-electron chi connectivity index (χ0n) is 11.0. The lowest BCUT2D eigenvalue weighted by Crippen LogP contribution is -2.50. The van der Waals surface area contributed by atoms with Gasteiger partial charge in [0, 0.05) is 14.2 Å². The fourth-order valence-electron chi connectivity index (χ4n) is 2.09. The van der Waals surface area contributed by atoms with Gasteiger partial charge >= 0.3 is 0 Å². The number of carbonyl (C=O) groups is 1. The molecule has 1 rings (SSSR count). The monoisotopic (exact) mass is 227 g/mol. The van der Waals surface area contributed by atoms with Gasteiger partial charge in [-0.15, -0.1) is 6.58 Å². The summed E-state index contributed by atoms with van der Waals surface area (Å²) in [5.41, 5.74) is -0.739. The third-order valence-electron chi connectivity index (χ3n) is 2.54. The maximum Gasteiger partial charge on any atom is 0.185 e. The Morgan fingerprint density at radius 3 is 2.80 bits per heavy atom. The van der Waals surface area contributed by atoms with Crippen LogP contribution in [-0.2, 0) is 9.22 Å². The molecule has 0 unspecified atom stereocenters. The van der Waals surface area contributed by atoms with Gasteiger partial charge in [0.15, 0.2) is 14.1 Å². The van der Waals surface area contributed by atoms with Crippen LogP contribution < -0.4 is 0 Å². The molecule has 2 atom stereocenters. The van der Waals surface area contributed by atoms with Gasteiger partial charge in [-0.1, -0.05) is 6.08 Å². The molecule has 0 N–H and O–H groups in total. The lowest BCUT2D eigenvalue weighted by Gasteiger charge is -2.40. The van der Waals surface area contributed by atoms with Crippen molar-refractivity contribution in [2.75, 3.05) is 0 Å². The summed E-state index contributed by atoms with van der Waals surface area (Å²) in [4.78, 5) is 12.2. The molecule has 0 radical (unpaired) electrons. The molecule has 0 aromatic carbocycles. The van der Waals surface area contributed by atoms with E-state index < -0.39 is 20.3 Å². The minimum absolute atomic E-state index is 0.0407. The van der Waals surface area contributed by atoms with E-state index in [0.29, 0.717) is 12.8 Å². The van der Waals surface area contributed by atoms with Crippen molar-refractivity contribution in [3.8, 4) is 0 Å². The Hall–Kier alpha value is -0.413. The van der Waals surface area contributed by atoms with Gasteiger partial charge in [0.1, 0.15) is 5.60 Å². The first-order valence-electron chi connectivity index (χ1n) is 6.16. The van der Waals surface area contributed by atoms with Crippen molar-refractivity contribution in [1.82, 2.24) is 0 Å². The second kappa shape index (κ2) is 4.62. The molecule has 1 fully saturated rings. The highest BCUT2D eigenvalue weighted by Gasteiger charge is 2.42. The van der Waals surface area contributed by atoms with E-state index in [9.17, 15) is 4.79 Å². The summed E-state index contributed by atoms with van der Waals surface area (Å²) in [6.45, 7) is 9.96. The second-order valence-corrected chi connectivity index (χ2v) is 9.59. The number of rotatable bonds is 4. The van der Waals surface area contributed by atoms with Crippen molar-refractivity contribution in [1.29, 1.82) is 0 Å². The van der Waals surface area contributed by atoms with Crippen molar-refractivity contribution in [3.05, 3.63) is 12.7 Å². The van der Waals surface area contributed by atoms with Gasteiger partial charge in [-0.2, -0.15) is 0 Å². The number of ketones is 1. The minimum atomic E-state index is -1.78. The van der Waals surface area contributed by atoms with E-state index >= 15 is 0 Å². The standard InChI is InChI=1S/C12H22O2Si/c1-5-9-12(14-15(2,3)4)10-7-6-8-11(12)13/h5H,1,6-10H2,2-4H3/t12-/m1/s1/i8D/t8-,12+/m0. The third kappa shape index (κ3) is 3.28. The molecule has 1 saturated carbocycles. The van der Waals surface area contributed by atoms with Crippen LogP contribution in [0.1, 0.15) is 33.5 Å². The highest BCUT2D eigenvalue weighted by Crippen LogP contribution is 2.34. The van der Waals surface area contributed by atoms with Crippen LogP contribution in [0.3, 0.4) is 0 Å². The molecule has 0 aromatic heterocycles. The molecule has 2 nitrogen and oxygen atoms in total. The topological polar surface area (TPSA) is 26.3 Å². The van der Waals surface area contributed by atoms with Crippen LogP contribution in [0, 0.1) is 0 Å². The number of Topliss-reactive ketones (excluding diaryl/α,β-unsaturated/α-hetero) is 1. The first-order valence-corrected chi connectivity index (χ1v) is 8.99. The molecule has 1 aliphatic rings. The predicted molar refractivity (Wildman–Crippen MR) is 65.5 cm³/mol.